The first-order chi connectivity index (χ1) is 11.1. The molecule has 0 saturated heterocycles. The van der Waals surface area contributed by atoms with E-state index in [2.05, 4.69) is 22.6 Å². The van der Waals surface area contributed by atoms with Crippen LogP contribution in [0.25, 0.3) is 10.9 Å². The topological polar surface area (TPSA) is 31.2 Å². The molecule has 0 aliphatic carbocycles. The summed E-state index contributed by atoms with van der Waals surface area (Å²) in [4.78, 5) is 13.0. The standard InChI is InChI=1S/C18H15ClINO2/c1-11-16(10-20)15-9-14(23-2)7-8-17(15)21(11)18(22)12-3-5-13(19)6-4-12/h3-9H,10H2,1-2H3. The van der Waals surface area contributed by atoms with Crippen LogP contribution in [0.5, 0.6) is 5.75 Å². The van der Waals surface area contributed by atoms with Crippen LogP contribution < -0.4 is 4.74 Å². The summed E-state index contributed by atoms with van der Waals surface area (Å²) in [5.74, 6) is 0.741. The third kappa shape index (κ3) is 2.85. The van der Waals surface area contributed by atoms with E-state index >= 15 is 0 Å². The lowest BCUT2D eigenvalue weighted by Crippen LogP contribution is -2.13. The molecule has 0 N–H and O–H groups in total. The van der Waals surface area contributed by atoms with Gasteiger partial charge in [-0.05, 0) is 55.0 Å². The normalized spacial score (nSPS) is 11.0. The lowest BCUT2D eigenvalue weighted by molar-refractivity contribution is 0.0963. The summed E-state index contributed by atoms with van der Waals surface area (Å²) in [6.07, 6.45) is 0. The second-order valence-electron chi connectivity index (χ2n) is 5.23. The fraction of sp³-hybridized carbons (Fsp3) is 0.167. The van der Waals surface area contributed by atoms with Gasteiger partial charge in [0, 0.05) is 26.1 Å². The van der Waals surface area contributed by atoms with Gasteiger partial charge in [-0.2, -0.15) is 0 Å². The molecular formula is C18H15ClINO2. The van der Waals surface area contributed by atoms with Crippen LogP contribution in [-0.2, 0) is 4.43 Å². The summed E-state index contributed by atoms with van der Waals surface area (Å²) in [6, 6.07) is 12.8. The van der Waals surface area contributed by atoms with Gasteiger partial charge >= 0.3 is 0 Å². The van der Waals surface area contributed by atoms with Crippen molar-refractivity contribution in [2.45, 2.75) is 11.4 Å². The molecule has 0 atom stereocenters. The first-order valence-electron chi connectivity index (χ1n) is 7.11. The first-order valence-corrected chi connectivity index (χ1v) is 9.01. The Kier molecular flexibility index (Phi) is 4.64. The number of fused-ring (bicyclic) bond motifs is 1. The number of halogens is 2. The van der Waals surface area contributed by atoms with Crippen LogP contribution >= 0.6 is 34.2 Å². The number of ether oxygens (including phenoxy) is 1. The molecule has 0 spiro atoms. The van der Waals surface area contributed by atoms with Crippen molar-refractivity contribution in [3.8, 4) is 5.75 Å². The third-order valence-electron chi connectivity index (χ3n) is 3.97. The fourth-order valence-electron chi connectivity index (χ4n) is 2.74. The van der Waals surface area contributed by atoms with E-state index in [-0.39, 0.29) is 5.91 Å². The van der Waals surface area contributed by atoms with Gasteiger partial charge in [0.25, 0.3) is 5.91 Å². The monoisotopic (exact) mass is 439 g/mol. The molecule has 0 fully saturated rings. The van der Waals surface area contributed by atoms with E-state index in [0.717, 1.165) is 32.3 Å². The van der Waals surface area contributed by atoms with Crippen molar-refractivity contribution in [1.82, 2.24) is 4.57 Å². The Morgan fingerprint density at radius 3 is 2.52 bits per heavy atom. The highest BCUT2D eigenvalue weighted by atomic mass is 127. The third-order valence-corrected chi connectivity index (χ3v) is 4.98. The molecule has 2 aromatic carbocycles. The predicted molar refractivity (Wildman–Crippen MR) is 102 cm³/mol. The van der Waals surface area contributed by atoms with E-state index in [4.69, 9.17) is 16.3 Å². The molecule has 0 bridgehead atoms. The maximum Gasteiger partial charge on any atom is 0.262 e. The Morgan fingerprint density at radius 2 is 1.91 bits per heavy atom. The van der Waals surface area contributed by atoms with Gasteiger partial charge in [0.1, 0.15) is 5.75 Å². The van der Waals surface area contributed by atoms with Crippen molar-refractivity contribution in [3.63, 3.8) is 0 Å². The SMILES string of the molecule is COc1ccc2c(c1)c(CI)c(C)n2C(=O)c1ccc(Cl)cc1. The van der Waals surface area contributed by atoms with Crippen LogP contribution in [-0.4, -0.2) is 17.6 Å². The van der Waals surface area contributed by atoms with E-state index in [1.54, 1.807) is 35.9 Å². The van der Waals surface area contributed by atoms with Crippen molar-refractivity contribution >= 4 is 51.0 Å². The van der Waals surface area contributed by atoms with Gasteiger partial charge in [-0.1, -0.05) is 34.2 Å². The number of methoxy groups -OCH3 is 1. The van der Waals surface area contributed by atoms with Crippen LogP contribution in [0.3, 0.4) is 0 Å². The summed E-state index contributed by atoms with van der Waals surface area (Å²) in [7, 11) is 1.65. The van der Waals surface area contributed by atoms with E-state index < -0.39 is 0 Å². The second kappa shape index (κ2) is 6.53. The van der Waals surface area contributed by atoms with Crippen molar-refractivity contribution < 1.29 is 9.53 Å². The Hall–Kier alpha value is -1.53. The molecule has 3 aromatic rings. The highest BCUT2D eigenvalue weighted by Crippen LogP contribution is 2.31. The molecule has 3 nitrogen and oxygen atoms in total. The van der Waals surface area contributed by atoms with Crippen LogP contribution in [0.15, 0.2) is 42.5 Å². The average Bonchev–Trinajstić information content (AvgIpc) is 2.85. The smallest absolute Gasteiger partial charge is 0.262 e. The molecule has 0 aliphatic heterocycles. The maximum atomic E-state index is 13.0. The molecule has 0 radical (unpaired) electrons. The van der Waals surface area contributed by atoms with E-state index in [1.165, 1.54) is 0 Å². The largest absolute Gasteiger partial charge is 0.497 e. The molecule has 1 heterocycles. The zero-order valence-electron chi connectivity index (χ0n) is 12.8. The number of nitrogens with zero attached hydrogens (tertiary/aromatic N) is 1. The molecule has 0 aliphatic rings. The Bertz CT molecular complexity index is 884. The number of alkyl halides is 1. The molecule has 23 heavy (non-hydrogen) atoms. The van der Waals surface area contributed by atoms with Gasteiger partial charge in [-0.15, -0.1) is 0 Å². The summed E-state index contributed by atoms with van der Waals surface area (Å²) in [5, 5.41) is 1.67. The Balaban J connectivity index is 2.22. The van der Waals surface area contributed by atoms with Gasteiger partial charge in [0.2, 0.25) is 0 Å². The molecule has 1 aromatic heterocycles. The zero-order valence-corrected chi connectivity index (χ0v) is 15.7. The minimum atomic E-state index is -0.0505. The molecule has 118 valence electrons. The molecule has 5 heteroatoms. The Labute approximate surface area is 153 Å². The number of hydrogen-bond acceptors (Lipinski definition) is 2. The fourth-order valence-corrected chi connectivity index (χ4v) is 3.83. The number of benzene rings is 2. The van der Waals surface area contributed by atoms with Gasteiger partial charge in [0.15, 0.2) is 0 Å². The van der Waals surface area contributed by atoms with Crippen molar-refractivity contribution in [2.75, 3.05) is 7.11 Å². The van der Waals surface area contributed by atoms with E-state index in [0.29, 0.717) is 10.6 Å². The van der Waals surface area contributed by atoms with Crippen molar-refractivity contribution in [1.29, 1.82) is 0 Å². The lowest BCUT2D eigenvalue weighted by Gasteiger charge is -2.08. The van der Waals surface area contributed by atoms with Crippen molar-refractivity contribution in [2.24, 2.45) is 0 Å². The van der Waals surface area contributed by atoms with E-state index in [1.807, 2.05) is 25.1 Å². The van der Waals surface area contributed by atoms with Crippen LogP contribution in [0.4, 0.5) is 0 Å². The van der Waals surface area contributed by atoms with Crippen LogP contribution in [0.2, 0.25) is 5.02 Å². The quantitative estimate of drug-likeness (QED) is 0.413. The zero-order chi connectivity index (χ0) is 16.6. The summed E-state index contributed by atoms with van der Waals surface area (Å²) in [5.41, 5.74) is 3.63. The Morgan fingerprint density at radius 1 is 1.22 bits per heavy atom. The number of rotatable bonds is 3. The highest BCUT2D eigenvalue weighted by Gasteiger charge is 2.19. The molecule has 0 unspecified atom stereocenters. The number of hydrogen-bond donors (Lipinski definition) is 0. The summed E-state index contributed by atoms with van der Waals surface area (Å²) < 4.78 is 7.92. The number of carbonyl (C=O) groups excluding carboxylic acids is 1. The van der Waals surface area contributed by atoms with Crippen LogP contribution in [0, 0.1) is 6.92 Å². The molecule has 0 saturated carbocycles. The second-order valence-corrected chi connectivity index (χ2v) is 6.43. The van der Waals surface area contributed by atoms with Gasteiger partial charge in [0.05, 0.1) is 12.6 Å². The average molecular weight is 440 g/mol. The first kappa shape index (κ1) is 16.3. The minimum absolute atomic E-state index is 0.0505. The summed E-state index contributed by atoms with van der Waals surface area (Å²) in [6.45, 7) is 1.98. The number of carbonyl (C=O) groups is 1. The van der Waals surface area contributed by atoms with Gasteiger partial charge in [-0.25, -0.2) is 0 Å². The van der Waals surface area contributed by atoms with Gasteiger partial charge in [-0.3, -0.25) is 9.36 Å². The highest BCUT2D eigenvalue weighted by molar-refractivity contribution is 14.1. The minimum Gasteiger partial charge on any atom is -0.497 e. The van der Waals surface area contributed by atoms with Crippen LogP contribution in [0.1, 0.15) is 21.6 Å². The van der Waals surface area contributed by atoms with E-state index in [9.17, 15) is 4.79 Å². The van der Waals surface area contributed by atoms with Gasteiger partial charge < -0.3 is 4.74 Å². The maximum absolute atomic E-state index is 13.0. The molecular weight excluding hydrogens is 425 g/mol. The number of aromatic nitrogens is 1. The lowest BCUT2D eigenvalue weighted by atomic mass is 10.1. The molecule has 0 amide bonds. The molecule has 3 rings (SSSR count). The van der Waals surface area contributed by atoms with Crippen molar-refractivity contribution in [3.05, 3.63) is 64.3 Å². The summed E-state index contributed by atoms with van der Waals surface area (Å²) >= 11 is 8.24. The predicted octanol–water partition coefficient (Wildman–Crippen LogP) is 5.24.